The van der Waals surface area contributed by atoms with Crippen LogP contribution < -0.4 is 10.1 Å². The van der Waals surface area contributed by atoms with Crippen molar-refractivity contribution in [2.45, 2.75) is 0 Å². The van der Waals surface area contributed by atoms with Gasteiger partial charge in [0.1, 0.15) is 17.0 Å². The molecule has 5 nitrogen and oxygen atoms in total. The molecule has 1 amide bonds. The Labute approximate surface area is 158 Å². The minimum atomic E-state index is -0.252. The van der Waals surface area contributed by atoms with Gasteiger partial charge >= 0.3 is 0 Å². The van der Waals surface area contributed by atoms with E-state index in [2.05, 4.69) is 31.2 Å². The molecule has 4 aromatic rings. The Morgan fingerprint density at radius 2 is 1.62 bits per heavy atom. The summed E-state index contributed by atoms with van der Waals surface area (Å²) in [6, 6.07) is 18.5. The summed E-state index contributed by atoms with van der Waals surface area (Å²) in [5.74, 6) is 0.278. The Balaban J connectivity index is 1.88. The van der Waals surface area contributed by atoms with E-state index in [0.717, 1.165) is 11.0 Å². The van der Waals surface area contributed by atoms with Gasteiger partial charge in [0.05, 0.1) is 29.2 Å². The maximum atomic E-state index is 12.8. The molecule has 0 saturated carbocycles. The molecule has 0 unspecified atom stereocenters. The van der Waals surface area contributed by atoms with Crippen LogP contribution in [0.4, 0.5) is 5.69 Å². The molecule has 4 rings (SSSR count). The molecule has 0 atom stereocenters. The SMILES string of the molecule is COc1ccc2nc3ccccc3nc2c1NC(=O)c1ccccc1Br. The molecular weight excluding hydrogens is 394 g/mol. The number of aromatic nitrogens is 2. The van der Waals surface area contributed by atoms with Crippen molar-refractivity contribution >= 4 is 49.6 Å². The lowest BCUT2D eigenvalue weighted by Gasteiger charge is -2.13. The van der Waals surface area contributed by atoms with Gasteiger partial charge in [0.25, 0.3) is 5.91 Å². The van der Waals surface area contributed by atoms with E-state index in [4.69, 9.17) is 4.74 Å². The first-order valence-corrected chi connectivity index (χ1v) is 8.76. The number of hydrogen-bond donors (Lipinski definition) is 1. The van der Waals surface area contributed by atoms with Gasteiger partial charge in [-0.3, -0.25) is 4.79 Å². The molecule has 0 fully saturated rings. The lowest BCUT2D eigenvalue weighted by Crippen LogP contribution is -2.14. The molecule has 1 heterocycles. The third kappa shape index (κ3) is 2.88. The molecule has 0 saturated heterocycles. The summed E-state index contributed by atoms with van der Waals surface area (Å²) >= 11 is 3.41. The van der Waals surface area contributed by atoms with Crippen molar-refractivity contribution < 1.29 is 9.53 Å². The number of para-hydroxylation sites is 2. The highest BCUT2D eigenvalue weighted by molar-refractivity contribution is 9.10. The summed E-state index contributed by atoms with van der Waals surface area (Å²) in [6.45, 7) is 0. The fourth-order valence-corrected chi connectivity index (χ4v) is 3.25. The number of halogens is 1. The molecule has 128 valence electrons. The summed E-state index contributed by atoms with van der Waals surface area (Å²) < 4.78 is 6.15. The molecule has 6 heteroatoms. The van der Waals surface area contributed by atoms with Crippen LogP contribution in [-0.2, 0) is 0 Å². The summed E-state index contributed by atoms with van der Waals surface area (Å²) in [5, 5.41) is 2.93. The second kappa shape index (κ2) is 6.72. The van der Waals surface area contributed by atoms with Gasteiger partial charge in [-0.25, -0.2) is 9.97 Å². The minimum absolute atomic E-state index is 0.252. The van der Waals surface area contributed by atoms with Crippen molar-refractivity contribution in [2.75, 3.05) is 12.4 Å². The van der Waals surface area contributed by atoms with Crippen LogP contribution in [0.15, 0.2) is 65.1 Å². The highest BCUT2D eigenvalue weighted by Crippen LogP contribution is 2.33. The number of hydrogen-bond acceptors (Lipinski definition) is 4. The fraction of sp³-hybridized carbons (Fsp3) is 0.0500. The van der Waals surface area contributed by atoms with Crippen LogP contribution in [0.2, 0.25) is 0 Å². The van der Waals surface area contributed by atoms with Gasteiger partial charge in [0.2, 0.25) is 0 Å². The monoisotopic (exact) mass is 407 g/mol. The van der Waals surface area contributed by atoms with Crippen LogP contribution in [0.1, 0.15) is 10.4 Å². The predicted molar refractivity (Wildman–Crippen MR) is 106 cm³/mol. The van der Waals surface area contributed by atoms with Gasteiger partial charge in [-0.15, -0.1) is 0 Å². The Kier molecular flexibility index (Phi) is 4.26. The normalized spacial score (nSPS) is 10.8. The molecular formula is C20H14BrN3O2. The number of amides is 1. The molecule has 0 radical (unpaired) electrons. The molecule has 1 N–H and O–H groups in total. The van der Waals surface area contributed by atoms with E-state index in [-0.39, 0.29) is 5.91 Å². The van der Waals surface area contributed by atoms with Crippen molar-refractivity contribution in [3.63, 3.8) is 0 Å². The number of anilines is 1. The van der Waals surface area contributed by atoms with Crippen LogP contribution >= 0.6 is 15.9 Å². The number of carbonyl (C=O) groups is 1. The van der Waals surface area contributed by atoms with Gasteiger partial charge in [0.15, 0.2) is 0 Å². The van der Waals surface area contributed by atoms with E-state index < -0.39 is 0 Å². The quantitative estimate of drug-likeness (QED) is 0.495. The van der Waals surface area contributed by atoms with Crippen LogP contribution in [0.25, 0.3) is 22.1 Å². The summed E-state index contributed by atoms with van der Waals surface area (Å²) in [5.41, 5.74) is 3.86. The molecule has 0 aliphatic heterocycles. The highest BCUT2D eigenvalue weighted by Gasteiger charge is 2.17. The minimum Gasteiger partial charge on any atom is -0.494 e. The van der Waals surface area contributed by atoms with Gasteiger partial charge < -0.3 is 10.1 Å². The van der Waals surface area contributed by atoms with Crippen LogP contribution in [0.3, 0.4) is 0 Å². The lowest BCUT2D eigenvalue weighted by molar-refractivity contribution is 0.102. The molecule has 0 aliphatic carbocycles. The standard InChI is InChI=1S/C20H14BrN3O2/c1-26-17-11-10-16-18(23-15-9-5-4-8-14(15)22-16)19(17)24-20(25)12-6-2-3-7-13(12)21/h2-11H,1H3,(H,24,25). The van der Waals surface area contributed by atoms with Crippen molar-refractivity contribution in [1.82, 2.24) is 9.97 Å². The smallest absolute Gasteiger partial charge is 0.256 e. The number of carbonyl (C=O) groups excluding carboxylic acids is 1. The van der Waals surface area contributed by atoms with Crippen molar-refractivity contribution in [2.24, 2.45) is 0 Å². The third-order valence-corrected chi connectivity index (χ3v) is 4.74. The summed E-state index contributed by atoms with van der Waals surface area (Å²) in [4.78, 5) is 22.1. The average Bonchev–Trinajstić information content (AvgIpc) is 2.67. The fourth-order valence-electron chi connectivity index (χ4n) is 2.79. The second-order valence-electron chi connectivity index (χ2n) is 5.66. The largest absolute Gasteiger partial charge is 0.494 e. The maximum Gasteiger partial charge on any atom is 0.256 e. The number of nitrogens with zero attached hydrogens (tertiary/aromatic N) is 2. The zero-order valence-corrected chi connectivity index (χ0v) is 15.4. The predicted octanol–water partition coefficient (Wildman–Crippen LogP) is 4.81. The highest BCUT2D eigenvalue weighted by atomic mass is 79.9. The number of fused-ring (bicyclic) bond motifs is 2. The maximum absolute atomic E-state index is 12.8. The number of benzene rings is 3. The van der Waals surface area contributed by atoms with Crippen LogP contribution in [0, 0.1) is 0 Å². The second-order valence-corrected chi connectivity index (χ2v) is 6.51. The topological polar surface area (TPSA) is 64.1 Å². The van der Waals surface area contributed by atoms with Gasteiger partial charge in [0, 0.05) is 4.47 Å². The molecule has 0 aliphatic rings. The zero-order valence-electron chi connectivity index (χ0n) is 13.9. The van der Waals surface area contributed by atoms with E-state index in [0.29, 0.717) is 32.5 Å². The first-order valence-electron chi connectivity index (χ1n) is 7.97. The van der Waals surface area contributed by atoms with E-state index in [1.807, 2.05) is 48.5 Å². The average molecular weight is 408 g/mol. The number of methoxy groups -OCH3 is 1. The third-order valence-electron chi connectivity index (χ3n) is 4.05. The van der Waals surface area contributed by atoms with E-state index in [1.165, 1.54) is 0 Å². The van der Waals surface area contributed by atoms with Gasteiger partial charge in [-0.1, -0.05) is 24.3 Å². The molecule has 0 bridgehead atoms. The molecule has 0 spiro atoms. The number of rotatable bonds is 3. The first kappa shape index (κ1) is 16.5. The molecule has 1 aromatic heterocycles. The van der Waals surface area contributed by atoms with Crippen molar-refractivity contribution in [1.29, 1.82) is 0 Å². The Morgan fingerprint density at radius 3 is 2.35 bits per heavy atom. The van der Waals surface area contributed by atoms with Crippen LogP contribution in [0.5, 0.6) is 5.75 Å². The Bertz CT molecular complexity index is 1140. The summed E-state index contributed by atoms with van der Waals surface area (Å²) in [7, 11) is 1.56. The first-order chi connectivity index (χ1) is 12.7. The van der Waals surface area contributed by atoms with E-state index >= 15 is 0 Å². The Hall–Kier alpha value is -2.99. The van der Waals surface area contributed by atoms with E-state index in [9.17, 15) is 4.79 Å². The van der Waals surface area contributed by atoms with Gasteiger partial charge in [-0.05, 0) is 52.3 Å². The molecule has 3 aromatic carbocycles. The molecule has 26 heavy (non-hydrogen) atoms. The van der Waals surface area contributed by atoms with Crippen molar-refractivity contribution in [3.8, 4) is 5.75 Å². The van der Waals surface area contributed by atoms with Crippen LogP contribution in [-0.4, -0.2) is 23.0 Å². The van der Waals surface area contributed by atoms with E-state index in [1.54, 1.807) is 19.2 Å². The number of ether oxygens (including phenoxy) is 1. The van der Waals surface area contributed by atoms with Crippen molar-refractivity contribution in [3.05, 3.63) is 70.7 Å². The number of nitrogens with one attached hydrogen (secondary N) is 1. The summed E-state index contributed by atoms with van der Waals surface area (Å²) in [6.07, 6.45) is 0. The van der Waals surface area contributed by atoms with Gasteiger partial charge in [-0.2, -0.15) is 0 Å². The Morgan fingerprint density at radius 1 is 0.923 bits per heavy atom. The zero-order chi connectivity index (χ0) is 18.1. The lowest BCUT2D eigenvalue weighted by atomic mass is 10.1.